The van der Waals surface area contributed by atoms with Crippen LogP contribution in [0.1, 0.15) is 36.9 Å². The topological polar surface area (TPSA) is 86.2 Å². The molecule has 0 aliphatic heterocycles. The predicted molar refractivity (Wildman–Crippen MR) is 75.0 cm³/mol. The standard InChI is InChI=1S/C14H22N4O/c15-14(16)13-11(4-2-7-17-13)10-18(8-3-9-19)12-5-1-6-12/h2,4,7,12,19H,1,3,5-6,8-10H2,(H3,15,16). The molecule has 1 aromatic heterocycles. The van der Waals surface area contributed by atoms with Gasteiger partial charge in [0.05, 0.1) is 0 Å². The van der Waals surface area contributed by atoms with Crippen LogP contribution in [0.2, 0.25) is 0 Å². The van der Waals surface area contributed by atoms with Gasteiger partial charge in [-0.2, -0.15) is 0 Å². The molecule has 5 nitrogen and oxygen atoms in total. The molecule has 104 valence electrons. The zero-order chi connectivity index (χ0) is 13.7. The maximum atomic E-state index is 9.00. The molecule has 0 saturated heterocycles. The van der Waals surface area contributed by atoms with Crippen molar-refractivity contribution in [3.05, 3.63) is 29.6 Å². The molecule has 0 bridgehead atoms. The molecule has 0 amide bonds. The zero-order valence-electron chi connectivity index (χ0n) is 11.2. The number of pyridine rings is 1. The van der Waals surface area contributed by atoms with E-state index in [1.54, 1.807) is 6.20 Å². The molecule has 0 aromatic carbocycles. The molecule has 0 atom stereocenters. The summed E-state index contributed by atoms with van der Waals surface area (Å²) in [6.45, 7) is 1.86. The molecule has 1 aliphatic rings. The summed E-state index contributed by atoms with van der Waals surface area (Å²) in [4.78, 5) is 6.57. The highest BCUT2D eigenvalue weighted by atomic mass is 16.3. The Morgan fingerprint density at radius 3 is 2.89 bits per heavy atom. The van der Waals surface area contributed by atoms with Gasteiger partial charge in [0.2, 0.25) is 0 Å². The van der Waals surface area contributed by atoms with E-state index < -0.39 is 0 Å². The van der Waals surface area contributed by atoms with E-state index in [9.17, 15) is 0 Å². The number of rotatable bonds is 7. The van der Waals surface area contributed by atoms with E-state index >= 15 is 0 Å². The molecule has 0 radical (unpaired) electrons. The fraction of sp³-hybridized carbons (Fsp3) is 0.571. The van der Waals surface area contributed by atoms with Gasteiger partial charge < -0.3 is 10.8 Å². The molecule has 0 unspecified atom stereocenters. The van der Waals surface area contributed by atoms with Crippen LogP contribution in [0, 0.1) is 5.41 Å². The smallest absolute Gasteiger partial charge is 0.142 e. The highest BCUT2D eigenvalue weighted by molar-refractivity contribution is 5.94. The monoisotopic (exact) mass is 262 g/mol. The number of aliphatic hydroxyl groups is 1. The van der Waals surface area contributed by atoms with Crippen LogP contribution in [-0.2, 0) is 6.54 Å². The largest absolute Gasteiger partial charge is 0.396 e. The number of hydrogen-bond donors (Lipinski definition) is 3. The van der Waals surface area contributed by atoms with Gasteiger partial charge in [-0.3, -0.25) is 15.3 Å². The maximum absolute atomic E-state index is 9.00. The lowest BCUT2D eigenvalue weighted by atomic mass is 9.91. The summed E-state index contributed by atoms with van der Waals surface area (Å²) in [5, 5.41) is 16.6. The van der Waals surface area contributed by atoms with Gasteiger partial charge in [-0.1, -0.05) is 12.5 Å². The van der Waals surface area contributed by atoms with E-state index in [-0.39, 0.29) is 12.4 Å². The molecule has 5 heteroatoms. The SMILES string of the molecule is N=C(N)c1ncccc1CN(CCCO)C1CCC1. The summed E-state index contributed by atoms with van der Waals surface area (Å²) in [5.41, 5.74) is 7.15. The normalized spacial score (nSPS) is 15.5. The zero-order valence-corrected chi connectivity index (χ0v) is 11.2. The quantitative estimate of drug-likeness (QED) is 0.507. The average Bonchev–Trinajstić information content (AvgIpc) is 2.34. The number of nitrogen functional groups attached to an aromatic ring is 1. The third kappa shape index (κ3) is 3.52. The molecule has 1 aromatic rings. The van der Waals surface area contributed by atoms with E-state index in [4.69, 9.17) is 16.2 Å². The van der Waals surface area contributed by atoms with Crippen molar-refractivity contribution in [3.8, 4) is 0 Å². The average molecular weight is 262 g/mol. The maximum Gasteiger partial charge on any atom is 0.142 e. The first-order chi connectivity index (χ1) is 9.22. The van der Waals surface area contributed by atoms with E-state index in [0.29, 0.717) is 11.7 Å². The second-order valence-electron chi connectivity index (χ2n) is 5.06. The minimum Gasteiger partial charge on any atom is -0.396 e. The molecule has 0 spiro atoms. The number of aromatic nitrogens is 1. The van der Waals surface area contributed by atoms with Gasteiger partial charge >= 0.3 is 0 Å². The van der Waals surface area contributed by atoms with Crippen LogP contribution in [0.5, 0.6) is 0 Å². The minimum absolute atomic E-state index is 0.0197. The summed E-state index contributed by atoms with van der Waals surface area (Å²) in [6, 6.07) is 4.47. The van der Waals surface area contributed by atoms with Crippen LogP contribution in [0.4, 0.5) is 0 Å². The lowest BCUT2D eigenvalue weighted by molar-refractivity contribution is 0.109. The summed E-state index contributed by atoms with van der Waals surface area (Å²) < 4.78 is 0. The first-order valence-electron chi connectivity index (χ1n) is 6.85. The predicted octanol–water partition coefficient (Wildman–Crippen LogP) is 1.10. The number of nitrogens with zero attached hydrogens (tertiary/aromatic N) is 2. The Labute approximate surface area is 114 Å². The van der Waals surface area contributed by atoms with E-state index in [1.807, 2.05) is 12.1 Å². The van der Waals surface area contributed by atoms with Crippen LogP contribution in [0.25, 0.3) is 0 Å². The number of amidine groups is 1. The Morgan fingerprint density at radius 1 is 1.53 bits per heavy atom. The van der Waals surface area contributed by atoms with Gasteiger partial charge in [0, 0.05) is 31.9 Å². The van der Waals surface area contributed by atoms with E-state index in [2.05, 4.69) is 9.88 Å². The third-order valence-corrected chi connectivity index (χ3v) is 3.71. The van der Waals surface area contributed by atoms with Crippen molar-refractivity contribution in [1.82, 2.24) is 9.88 Å². The Bertz CT molecular complexity index is 431. The van der Waals surface area contributed by atoms with Gasteiger partial charge in [0.15, 0.2) is 0 Å². The van der Waals surface area contributed by atoms with Gasteiger partial charge in [-0.15, -0.1) is 0 Å². The van der Waals surface area contributed by atoms with Crippen molar-refractivity contribution in [3.63, 3.8) is 0 Å². The first kappa shape index (κ1) is 14.0. The molecule has 2 rings (SSSR count). The van der Waals surface area contributed by atoms with Crippen LogP contribution < -0.4 is 5.73 Å². The Morgan fingerprint density at radius 2 is 2.32 bits per heavy atom. The molecule has 19 heavy (non-hydrogen) atoms. The van der Waals surface area contributed by atoms with Crippen molar-refractivity contribution in [1.29, 1.82) is 5.41 Å². The highest BCUT2D eigenvalue weighted by Gasteiger charge is 2.25. The van der Waals surface area contributed by atoms with Crippen LogP contribution in [-0.4, -0.2) is 40.0 Å². The fourth-order valence-electron chi connectivity index (χ4n) is 2.44. The summed E-state index contributed by atoms with van der Waals surface area (Å²) in [6.07, 6.45) is 6.18. The molecule has 1 aliphatic carbocycles. The Hall–Kier alpha value is -1.46. The number of hydrogen-bond acceptors (Lipinski definition) is 4. The summed E-state index contributed by atoms with van der Waals surface area (Å²) in [7, 11) is 0. The van der Waals surface area contributed by atoms with Gasteiger partial charge in [-0.25, -0.2) is 0 Å². The minimum atomic E-state index is 0.0197. The highest BCUT2D eigenvalue weighted by Crippen LogP contribution is 2.26. The molecular weight excluding hydrogens is 240 g/mol. The van der Waals surface area contributed by atoms with Gasteiger partial charge in [0.25, 0.3) is 0 Å². The van der Waals surface area contributed by atoms with Crippen LogP contribution >= 0.6 is 0 Å². The van der Waals surface area contributed by atoms with E-state index in [0.717, 1.165) is 25.1 Å². The Kier molecular flexibility index (Phi) is 4.87. The van der Waals surface area contributed by atoms with Crippen molar-refractivity contribution >= 4 is 5.84 Å². The van der Waals surface area contributed by atoms with Gasteiger partial charge in [0.1, 0.15) is 11.5 Å². The van der Waals surface area contributed by atoms with E-state index in [1.165, 1.54) is 19.3 Å². The number of nitrogens with one attached hydrogen (secondary N) is 1. The Balaban J connectivity index is 2.09. The summed E-state index contributed by atoms with van der Waals surface area (Å²) in [5.74, 6) is 0.0197. The lowest BCUT2D eigenvalue weighted by Crippen LogP contribution is -2.41. The van der Waals surface area contributed by atoms with Crippen molar-refractivity contribution in [2.75, 3.05) is 13.2 Å². The fourth-order valence-corrected chi connectivity index (χ4v) is 2.44. The molecule has 1 saturated carbocycles. The first-order valence-corrected chi connectivity index (χ1v) is 6.85. The van der Waals surface area contributed by atoms with Crippen LogP contribution in [0.3, 0.4) is 0 Å². The summed E-state index contributed by atoms with van der Waals surface area (Å²) >= 11 is 0. The van der Waals surface area contributed by atoms with Crippen LogP contribution in [0.15, 0.2) is 18.3 Å². The van der Waals surface area contributed by atoms with Gasteiger partial charge in [-0.05, 0) is 30.9 Å². The molecule has 1 fully saturated rings. The molecule has 1 heterocycles. The van der Waals surface area contributed by atoms with Crippen molar-refractivity contribution < 1.29 is 5.11 Å². The second-order valence-corrected chi connectivity index (χ2v) is 5.06. The van der Waals surface area contributed by atoms with Crippen molar-refractivity contribution in [2.24, 2.45) is 5.73 Å². The van der Waals surface area contributed by atoms with Crippen molar-refractivity contribution in [2.45, 2.75) is 38.3 Å². The lowest BCUT2D eigenvalue weighted by Gasteiger charge is -2.37. The number of aliphatic hydroxyl groups excluding tert-OH is 1. The number of nitrogens with two attached hydrogens (primary N) is 1. The third-order valence-electron chi connectivity index (χ3n) is 3.71. The second kappa shape index (κ2) is 6.63. The molecular formula is C14H22N4O. The molecule has 4 N–H and O–H groups in total.